The molecule has 0 amide bonds. The van der Waals surface area contributed by atoms with Gasteiger partial charge in [0.25, 0.3) is 0 Å². The number of ether oxygens (including phenoxy) is 1. The summed E-state index contributed by atoms with van der Waals surface area (Å²) in [4.78, 5) is 14.9. The first-order valence-electron chi connectivity index (χ1n) is 11.1. The molecule has 0 radical (unpaired) electrons. The molecule has 0 unspecified atom stereocenters. The van der Waals surface area contributed by atoms with Crippen LogP contribution in [0.2, 0.25) is 0 Å². The molecule has 2 saturated carbocycles. The van der Waals surface area contributed by atoms with Crippen molar-refractivity contribution in [1.29, 1.82) is 0 Å². The number of likely N-dealkylation sites (N-methyl/N-ethyl adjacent to an activating group) is 1. The van der Waals surface area contributed by atoms with E-state index in [1.54, 1.807) is 0 Å². The Hall–Kier alpha value is -1.65. The van der Waals surface area contributed by atoms with Crippen LogP contribution >= 0.6 is 0 Å². The average molecular weight is 398 g/mol. The van der Waals surface area contributed by atoms with Crippen LogP contribution in [0.1, 0.15) is 57.6 Å². The van der Waals surface area contributed by atoms with Crippen molar-refractivity contribution in [2.75, 3.05) is 13.6 Å². The number of hydrogen-bond donors (Lipinski definition) is 1. The van der Waals surface area contributed by atoms with Crippen LogP contribution in [-0.2, 0) is 9.53 Å². The number of nitrogens with zero attached hydrogens (tertiary/aromatic N) is 1. The van der Waals surface area contributed by atoms with Crippen molar-refractivity contribution in [2.45, 2.75) is 64.2 Å². The summed E-state index contributed by atoms with van der Waals surface area (Å²) in [7, 11) is 2.00. The minimum Gasteiger partial charge on any atom is -0.462 e. The van der Waals surface area contributed by atoms with Gasteiger partial charge in [0.2, 0.25) is 0 Å². The van der Waals surface area contributed by atoms with Crippen molar-refractivity contribution in [1.82, 2.24) is 4.90 Å². The predicted octanol–water partition coefficient (Wildman–Crippen LogP) is 4.35. The summed E-state index contributed by atoms with van der Waals surface area (Å²) in [6.45, 7) is 9.39. The molecular formula is C25H35NO3. The Bertz CT molecular complexity index is 763. The number of carbonyl (C=O) groups is 1. The van der Waals surface area contributed by atoms with Gasteiger partial charge >= 0.3 is 5.97 Å². The zero-order valence-electron chi connectivity index (χ0n) is 18.0. The van der Waals surface area contributed by atoms with Crippen molar-refractivity contribution in [3.63, 3.8) is 0 Å². The van der Waals surface area contributed by atoms with Gasteiger partial charge in [0, 0.05) is 18.5 Å². The van der Waals surface area contributed by atoms with E-state index in [0.717, 1.165) is 24.8 Å². The molecule has 1 saturated heterocycles. The lowest BCUT2D eigenvalue weighted by molar-refractivity contribution is -0.146. The number of esters is 1. The highest BCUT2D eigenvalue weighted by molar-refractivity contribution is 5.75. The van der Waals surface area contributed by atoms with Crippen LogP contribution in [0.4, 0.5) is 0 Å². The van der Waals surface area contributed by atoms with E-state index >= 15 is 0 Å². The Labute approximate surface area is 174 Å². The third-order valence-electron chi connectivity index (χ3n) is 8.10. The maximum Gasteiger partial charge on any atom is 0.310 e. The van der Waals surface area contributed by atoms with Crippen LogP contribution in [0.3, 0.4) is 0 Å². The molecule has 4 rings (SSSR count). The van der Waals surface area contributed by atoms with Gasteiger partial charge in [-0.25, -0.2) is 0 Å². The molecular weight excluding hydrogens is 362 g/mol. The second kappa shape index (κ2) is 7.88. The van der Waals surface area contributed by atoms with Crippen molar-refractivity contribution in [3.8, 4) is 0 Å². The smallest absolute Gasteiger partial charge is 0.310 e. The Kier molecular flexibility index (Phi) is 5.60. The second-order valence-electron chi connectivity index (χ2n) is 9.94. The molecule has 0 aromatic heterocycles. The fourth-order valence-corrected chi connectivity index (χ4v) is 6.11. The summed E-state index contributed by atoms with van der Waals surface area (Å²) in [5.41, 5.74) is 2.51. The first kappa shape index (κ1) is 20.6. The molecule has 7 atom stereocenters. The van der Waals surface area contributed by atoms with Gasteiger partial charge in [-0.05, 0) is 63.0 Å². The lowest BCUT2D eigenvalue weighted by atomic mass is 9.55. The number of fused-ring (bicyclic) bond motifs is 2. The van der Waals surface area contributed by atoms with Crippen molar-refractivity contribution < 1.29 is 14.6 Å². The quantitative estimate of drug-likeness (QED) is 0.593. The zero-order chi connectivity index (χ0) is 20.8. The van der Waals surface area contributed by atoms with Crippen LogP contribution in [0, 0.1) is 23.2 Å². The second-order valence-corrected chi connectivity index (χ2v) is 9.94. The van der Waals surface area contributed by atoms with Gasteiger partial charge in [-0.2, -0.15) is 0 Å². The minimum atomic E-state index is -0.581. The topological polar surface area (TPSA) is 49.8 Å². The first-order valence-corrected chi connectivity index (χ1v) is 11.1. The van der Waals surface area contributed by atoms with Crippen LogP contribution in [0.5, 0.6) is 0 Å². The molecule has 4 heteroatoms. The van der Waals surface area contributed by atoms with Crippen LogP contribution < -0.4 is 0 Å². The molecule has 1 aliphatic heterocycles. The molecule has 4 nitrogen and oxygen atoms in total. The van der Waals surface area contributed by atoms with Crippen LogP contribution in [0.15, 0.2) is 42.5 Å². The number of rotatable bonds is 5. The normalized spacial score (nSPS) is 36.3. The van der Waals surface area contributed by atoms with E-state index in [1.807, 2.05) is 44.3 Å². The van der Waals surface area contributed by atoms with Gasteiger partial charge in [-0.1, -0.05) is 49.4 Å². The highest BCUT2D eigenvalue weighted by atomic mass is 16.6. The number of benzene rings is 1. The molecule has 1 N–H and O–H groups in total. The van der Waals surface area contributed by atoms with E-state index < -0.39 is 6.10 Å². The van der Waals surface area contributed by atoms with Gasteiger partial charge in [0.05, 0.1) is 12.0 Å². The summed E-state index contributed by atoms with van der Waals surface area (Å²) in [6.07, 6.45) is 4.98. The maximum atomic E-state index is 12.8. The summed E-state index contributed by atoms with van der Waals surface area (Å²) in [5, 5.41) is 10.8. The Balaban J connectivity index is 1.46. The first-order chi connectivity index (χ1) is 13.8. The third kappa shape index (κ3) is 3.77. The van der Waals surface area contributed by atoms with Gasteiger partial charge in [0.15, 0.2) is 0 Å². The minimum absolute atomic E-state index is 0.0439. The largest absolute Gasteiger partial charge is 0.462 e. The lowest BCUT2D eigenvalue weighted by Crippen LogP contribution is -2.46. The van der Waals surface area contributed by atoms with Gasteiger partial charge in [0.1, 0.15) is 6.10 Å². The standard InChI is InChI=1S/C25H35NO3/c1-16-9-8-12-25(3)14-22-19(13-21(16)25)20(24(28)29-22)15-26(4)17(2)23(27)18-10-6-5-7-11-18/h5-7,10-11,17,19-23,27H,1,8-9,12-15H2,2-4H3/t17-,19-,20+,21+,22-,23-,25-/m1/s1. The predicted molar refractivity (Wildman–Crippen MR) is 114 cm³/mol. The maximum absolute atomic E-state index is 12.8. The van der Waals surface area contributed by atoms with Crippen molar-refractivity contribution in [3.05, 3.63) is 48.0 Å². The van der Waals surface area contributed by atoms with Crippen LogP contribution in [0.25, 0.3) is 0 Å². The molecule has 1 aromatic carbocycles. The molecule has 29 heavy (non-hydrogen) atoms. The highest BCUT2D eigenvalue weighted by Gasteiger charge is 2.55. The summed E-state index contributed by atoms with van der Waals surface area (Å²) >= 11 is 0. The summed E-state index contributed by atoms with van der Waals surface area (Å²) < 4.78 is 5.90. The lowest BCUT2D eigenvalue weighted by Gasteiger charge is -2.50. The van der Waals surface area contributed by atoms with E-state index in [2.05, 4.69) is 18.4 Å². The molecule has 0 bridgehead atoms. The van der Waals surface area contributed by atoms with Crippen molar-refractivity contribution in [2.24, 2.45) is 23.2 Å². The van der Waals surface area contributed by atoms with Gasteiger partial charge in [-0.3, -0.25) is 9.69 Å². The Morgan fingerprint density at radius 3 is 2.79 bits per heavy atom. The molecule has 158 valence electrons. The van der Waals surface area contributed by atoms with E-state index in [1.165, 1.54) is 18.4 Å². The molecule has 1 aromatic rings. The zero-order valence-corrected chi connectivity index (χ0v) is 18.0. The van der Waals surface area contributed by atoms with E-state index in [0.29, 0.717) is 12.5 Å². The number of carbonyl (C=O) groups excluding carboxylic acids is 1. The number of allylic oxidation sites excluding steroid dienone is 1. The number of aliphatic hydroxyl groups excluding tert-OH is 1. The van der Waals surface area contributed by atoms with E-state index in [-0.39, 0.29) is 35.4 Å². The van der Waals surface area contributed by atoms with E-state index in [9.17, 15) is 9.90 Å². The summed E-state index contributed by atoms with van der Waals surface area (Å²) in [6, 6.07) is 9.66. The highest BCUT2D eigenvalue weighted by Crippen LogP contribution is 2.57. The molecule has 0 spiro atoms. The summed E-state index contributed by atoms with van der Waals surface area (Å²) in [5.74, 6) is 0.599. The molecule has 3 fully saturated rings. The SMILES string of the molecule is C=C1CCC[C@]2(C)C[C@H]3OC(=O)[C@@H](CN(C)[C@H](C)[C@@H](O)c4ccccc4)[C@H]3C[C@@H]12. The number of aliphatic hydroxyl groups is 1. The van der Waals surface area contributed by atoms with Crippen molar-refractivity contribution >= 4 is 5.97 Å². The van der Waals surface area contributed by atoms with Gasteiger partial charge in [-0.15, -0.1) is 0 Å². The molecule has 3 aliphatic rings. The fourth-order valence-electron chi connectivity index (χ4n) is 6.11. The number of hydrogen-bond acceptors (Lipinski definition) is 4. The van der Waals surface area contributed by atoms with E-state index in [4.69, 9.17) is 4.74 Å². The fraction of sp³-hybridized carbons (Fsp3) is 0.640. The van der Waals surface area contributed by atoms with Crippen LogP contribution in [-0.4, -0.2) is 41.7 Å². The monoisotopic (exact) mass is 397 g/mol. The Morgan fingerprint density at radius 2 is 2.07 bits per heavy atom. The van der Waals surface area contributed by atoms with Gasteiger partial charge < -0.3 is 9.84 Å². The molecule has 2 aliphatic carbocycles. The molecule has 1 heterocycles. The third-order valence-corrected chi connectivity index (χ3v) is 8.10. The Morgan fingerprint density at radius 1 is 1.34 bits per heavy atom. The average Bonchev–Trinajstić information content (AvgIpc) is 2.99.